The van der Waals surface area contributed by atoms with Crippen molar-refractivity contribution in [3.8, 4) is 0 Å². The number of esters is 1. The lowest BCUT2D eigenvalue weighted by Crippen LogP contribution is -2.38. The monoisotopic (exact) mass is 458 g/mol. The number of halogens is 5. The molecule has 10 heteroatoms. The van der Waals surface area contributed by atoms with E-state index in [0.29, 0.717) is 10.9 Å². The third-order valence-electron chi connectivity index (χ3n) is 4.23. The van der Waals surface area contributed by atoms with E-state index >= 15 is 0 Å². The number of H-pyrrole nitrogens is 1. The lowest BCUT2D eigenvalue weighted by Gasteiger charge is -2.22. The standard InChI is InChI=1S/C20H15Cl2F3N2O3/c1-2-30-19(29)13-7-11-8-16(26-15(11)9-14(13)22)18(28)27-17(20(23,24)25)10-4-3-5-12(21)6-10/h3-9,17,26H,2H2,1H3,(H,27,28). The molecule has 0 aliphatic carbocycles. The van der Waals surface area contributed by atoms with Crippen molar-refractivity contribution in [3.63, 3.8) is 0 Å². The quantitative estimate of drug-likeness (QED) is 0.482. The number of amides is 1. The molecule has 5 nitrogen and oxygen atoms in total. The maximum Gasteiger partial charge on any atom is 0.412 e. The molecule has 0 aliphatic rings. The van der Waals surface area contributed by atoms with Crippen molar-refractivity contribution in [3.05, 3.63) is 69.3 Å². The number of carbonyl (C=O) groups is 2. The van der Waals surface area contributed by atoms with Crippen LogP contribution >= 0.6 is 23.2 Å². The molecule has 30 heavy (non-hydrogen) atoms. The fourth-order valence-corrected chi connectivity index (χ4v) is 3.33. The van der Waals surface area contributed by atoms with E-state index in [1.807, 2.05) is 5.32 Å². The third kappa shape index (κ3) is 4.71. The minimum atomic E-state index is -4.74. The average molecular weight is 459 g/mol. The molecule has 3 aromatic rings. The maximum atomic E-state index is 13.5. The molecule has 0 saturated heterocycles. The summed E-state index contributed by atoms with van der Waals surface area (Å²) in [6.45, 7) is 1.79. The summed E-state index contributed by atoms with van der Waals surface area (Å²) in [7, 11) is 0. The van der Waals surface area contributed by atoms with Crippen LogP contribution in [0.4, 0.5) is 13.2 Å². The van der Waals surface area contributed by atoms with E-state index in [9.17, 15) is 22.8 Å². The van der Waals surface area contributed by atoms with Crippen molar-refractivity contribution in [2.24, 2.45) is 0 Å². The van der Waals surface area contributed by atoms with E-state index in [1.54, 1.807) is 6.92 Å². The van der Waals surface area contributed by atoms with Gasteiger partial charge in [-0.2, -0.15) is 13.2 Å². The van der Waals surface area contributed by atoms with E-state index in [1.165, 1.54) is 36.4 Å². The molecule has 1 unspecified atom stereocenters. The van der Waals surface area contributed by atoms with Gasteiger partial charge in [0.1, 0.15) is 5.69 Å². The normalized spacial score (nSPS) is 12.6. The number of ether oxygens (including phenoxy) is 1. The second-order valence-electron chi connectivity index (χ2n) is 6.33. The summed E-state index contributed by atoms with van der Waals surface area (Å²) < 4.78 is 45.6. The summed E-state index contributed by atoms with van der Waals surface area (Å²) in [6, 6.07) is 7.04. The molecule has 1 atom stereocenters. The minimum Gasteiger partial charge on any atom is -0.462 e. The first-order chi connectivity index (χ1) is 14.1. The molecule has 1 aromatic heterocycles. The van der Waals surface area contributed by atoms with Gasteiger partial charge in [0.25, 0.3) is 5.91 Å². The Kier molecular flexibility index (Phi) is 6.28. The highest BCUT2D eigenvalue weighted by Crippen LogP contribution is 2.34. The smallest absolute Gasteiger partial charge is 0.412 e. The summed E-state index contributed by atoms with van der Waals surface area (Å²) in [5.74, 6) is -1.63. The van der Waals surface area contributed by atoms with Crippen LogP contribution in [-0.2, 0) is 4.74 Å². The van der Waals surface area contributed by atoms with Gasteiger partial charge in [-0.25, -0.2) is 4.79 Å². The number of hydrogen-bond donors (Lipinski definition) is 2. The molecule has 0 radical (unpaired) electrons. The van der Waals surface area contributed by atoms with Gasteiger partial charge in [0, 0.05) is 15.9 Å². The van der Waals surface area contributed by atoms with Gasteiger partial charge in [0.15, 0.2) is 6.04 Å². The lowest BCUT2D eigenvalue weighted by atomic mass is 10.1. The lowest BCUT2D eigenvalue weighted by molar-refractivity contribution is -0.155. The first-order valence-electron chi connectivity index (χ1n) is 8.72. The number of hydrogen-bond acceptors (Lipinski definition) is 3. The molecule has 0 bridgehead atoms. The molecule has 1 heterocycles. The Morgan fingerprint density at radius 3 is 2.53 bits per heavy atom. The predicted octanol–water partition coefficient (Wildman–Crippen LogP) is 5.68. The fourth-order valence-electron chi connectivity index (χ4n) is 2.89. The number of nitrogens with one attached hydrogen (secondary N) is 2. The molecule has 3 rings (SSSR count). The first kappa shape index (κ1) is 22.0. The fraction of sp³-hybridized carbons (Fsp3) is 0.200. The number of rotatable bonds is 5. The van der Waals surface area contributed by atoms with Crippen molar-refractivity contribution >= 4 is 46.0 Å². The summed E-state index contributed by atoms with van der Waals surface area (Å²) >= 11 is 11.9. The summed E-state index contributed by atoms with van der Waals surface area (Å²) in [5, 5.41) is 2.59. The van der Waals surface area contributed by atoms with Crippen LogP contribution in [0.3, 0.4) is 0 Å². The largest absolute Gasteiger partial charge is 0.462 e. The summed E-state index contributed by atoms with van der Waals surface area (Å²) in [6.07, 6.45) is -4.74. The maximum absolute atomic E-state index is 13.5. The number of carbonyl (C=O) groups excluding carboxylic acids is 2. The van der Waals surface area contributed by atoms with Gasteiger partial charge >= 0.3 is 12.1 Å². The Morgan fingerprint density at radius 1 is 1.17 bits per heavy atom. The Balaban J connectivity index is 1.92. The zero-order chi connectivity index (χ0) is 22.1. The Labute approximate surface area is 179 Å². The molecule has 0 aliphatic heterocycles. The Hall–Kier alpha value is -2.71. The van der Waals surface area contributed by atoms with Crippen molar-refractivity contribution in [1.29, 1.82) is 0 Å². The SMILES string of the molecule is CCOC(=O)c1cc2cc(C(=O)NC(c3cccc(Cl)c3)C(F)(F)F)[nH]c2cc1Cl. The van der Waals surface area contributed by atoms with E-state index in [4.69, 9.17) is 27.9 Å². The van der Waals surface area contributed by atoms with E-state index in [0.717, 1.165) is 6.07 Å². The topological polar surface area (TPSA) is 71.2 Å². The highest BCUT2D eigenvalue weighted by Gasteiger charge is 2.42. The summed E-state index contributed by atoms with van der Waals surface area (Å²) in [4.78, 5) is 27.2. The van der Waals surface area contributed by atoms with Gasteiger partial charge in [0.05, 0.1) is 17.2 Å². The Bertz CT molecular complexity index is 1110. The zero-order valence-electron chi connectivity index (χ0n) is 15.4. The highest BCUT2D eigenvalue weighted by atomic mass is 35.5. The van der Waals surface area contributed by atoms with Crippen molar-refractivity contribution in [1.82, 2.24) is 10.3 Å². The van der Waals surface area contributed by atoms with Gasteiger partial charge in [-0.3, -0.25) is 4.79 Å². The van der Waals surface area contributed by atoms with Crippen LogP contribution in [0.2, 0.25) is 10.0 Å². The number of fused-ring (bicyclic) bond motifs is 1. The van der Waals surface area contributed by atoms with E-state index < -0.39 is 24.1 Å². The Morgan fingerprint density at radius 2 is 1.90 bits per heavy atom. The minimum absolute atomic E-state index is 0.0850. The zero-order valence-corrected chi connectivity index (χ0v) is 17.0. The highest BCUT2D eigenvalue weighted by molar-refractivity contribution is 6.34. The molecule has 2 aromatic carbocycles. The van der Waals surface area contributed by atoms with Gasteiger partial charge in [-0.1, -0.05) is 35.3 Å². The predicted molar refractivity (Wildman–Crippen MR) is 107 cm³/mol. The van der Waals surface area contributed by atoms with Crippen LogP contribution in [0.1, 0.15) is 39.4 Å². The van der Waals surface area contributed by atoms with Crippen LogP contribution in [0.5, 0.6) is 0 Å². The van der Waals surface area contributed by atoms with E-state index in [-0.39, 0.29) is 33.5 Å². The van der Waals surface area contributed by atoms with Crippen LogP contribution in [0, 0.1) is 0 Å². The van der Waals surface area contributed by atoms with Crippen LogP contribution in [0.15, 0.2) is 42.5 Å². The van der Waals surface area contributed by atoms with Crippen LogP contribution < -0.4 is 5.32 Å². The second-order valence-corrected chi connectivity index (χ2v) is 7.17. The first-order valence-corrected chi connectivity index (χ1v) is 9.48. The van der Waals surface area contributed by atoms with Crippen molar-refractivity contribution in [2.45, 2.75) is 19.1 Å². The van der Waals surface area contributed by atoms with Crippen molar-refractivity contribution in [2.75, 3.05) is 6.61 Å². The number of benzene rings is 2. The van der Waals surface area contributed by atoms with Crippen molar-refractivity contribution < 1.29 is 27.5 Å². The van der Waals surface area contributed by atoms with Gasteiger partial charge in [-0.15, -0.1) is 0 Å². The molecule has 0 fully saturated rings. The van der Waals surface area contributed by atoms with Gasteiger partial charge in [-0.05, 0) is 42.8 Å². The molecular weight excluding hydrogens is 444 g/mol. The van der Waals surface area contributed by atoms with Gasteiger partial charge < -0.3 is 15.0 Å². The number of alkyl halides is 3. The van der Waals surface area contributed by atoms with Crippen LogP contribution in [0.25, 0.3) is 10.9 Å². The average Bonchev–Trinajstić information content (AvgIpc) is 3.07. The number of aromatic amines is 1. The second kappa shape index (κ2) is 8.57. The molecule has 2 N–H and O–H groups in total. The van der Waals surface area contributed by atoms with E-state index in [2.05, 4.69) is 4.98 Å². The number of aromatic nitrogens is 1. The molecule has 158 valence electrons. The molecular formula is C20H15Cl2F3N2O3. The molecule has 0 saturated carbocycles. The van der Waals surface area contributed by atoms with Gasteiger partial charge in [0.2, 0.25) is 0 Å². The summed E-state index contributed by atoms with van der Waals surface area (Å²) in [5.41, 5.74) is 0.138. The third-order valence-corrected chi connectivity index (χ3v) is 4.78. The van der Waals surface area contributed by atoms with Crippen LogP contribution in [-0.4, -0.2) is 29.6 Å². The molecule has 0 spiro atoms. The molecule has 1 amide bonds.